The SMILES string of the molecule is CCN(CCCN1CCCC1)CCCN1CCCC1. The van der Waals surface area contributed by atoms with E-state index in [2.05, 4.69) is 21.6 Å². The molecule has 0 saturated carbocycles. The number of rotatable bonds is 9. The van der Waals surface area contributed by atoms with E-state index < -0.39 is 0 Å². The first kappa shape index (κ1) is 15.3. The Morgan fingerprint density at radius 2 is 1.16 bits per heavy atom. The summed E-state index contributed by atoms with van der Waals surface area (Å²) in [5, 5.41) is 0. The van der Waals surface area contributed by atoms with E-state index in [1.54, 1.807) is 0 Å². The fraction of sp³-hybridized carbons (Fsp3) is 1.00. The summed E-state index contributed by atoms with van der Waals surface area (Å²) in [6, 6.07) is 0. The largest absolute Gasteiger partial charge is 0.304 e. The van der Waals surface area contributed by atoms with Gasteiger partial charge in [-0.25, -0.2) is 0 Å². The van der Waals surface area contributed by atoms with Crippen LogP contribution in [0.5, 0.6) is 0 Å². The lowest BCUT2D eigenvalue weighted by atomic mass is 10.3. The molecule has 0 aliphatic carbocycles. The number of hydrogen-bond donors (Lipinski definition) is 0. The normalized spacial score (nSPS) is 21.8. The molecule has 2 aliphatic heterocycles. The maximum atomic E-state index is 2.64. The molecule has 0 unspecified atom stereocenters. The summed E-state index contributed by atoms with van der Waals surface area (Å²) in [7, 11) is 0. The summed E-state index contributed by atoms with van der Waals surface area (Å²) >= 11 is 0. The molecule has 3 heteroatoms. The quantitative estimate of drug-likeness (QED) is 0.634. The van der Waals surface area contributed by atoms with Gasteiger partial charge in [0.15, 0.2) is 0 Å². The van der Waals surface area contributed by atoms with E-state index in [1.807, 2.05) is 0 Å². The van der Waals surface area contributed by atoms with E-state index in [0.29, 0.717) is 0 Å². The predicted molar refractivity (Wildman–Crippen MR) is 82.7 cm³/mol. The zero-order chi connectivity index (χ0) is 13.3. The van der Waals surface area contributed by atoms with Gasteiger partial charge in [0.25, 0.3) is 0 Å². The highest BCUT2D eigenvalue weighted by molar-refractivity contribution is 4.69. The summed E-state index contributed by atoms with van der Waals surface area (Å²) in [5.74, 6) is 0. The van der Waals surface area contributed by atoms with Gasteiger partial charge >= 0.3 is 0 Å². The third-order valence-electron chi connectivity index (χ3n) is 4.74. The molecule has 2 heterocycles. The zero-order valence-electron chi connectivity index (χ0n) is 12.9. The highest BCUT2D eigenvalue weighted by atomic mass is 15.2. The van der Waals surface area contributed by atoms with Gasteiger partial charge in [-0.15, -0.1) is 0 Å². The first-order valence-corrected chi connectivity index (χ1v) is 8.55. The first-order chi connectivity index (χ1) is 9.38. The molecular formula is C16H33N3. The Morgan fingerprint density at radius 1 is 0.737 bits per heavy atom. The van der Waals surface area contributed by atoms with Gasteiger partial charge in [-0.3, -0.25) is 0 Å². The summed E-state index contributed by atoms with van der Waals surface area (Å²) in [4.78, 5) is 7.92. The molecule has 2 aliphatic rings. The van der Waals surface area contributed by atoms with Crippen LogP contribution >= 0.6 is 0 Å². The lowest BCUT2D eigenvalue weighted by Crippen LogP contribution is -2.31. The number of likely N-dealkylation sites (tertiary alicyclic amines) is 2. The Bertz CT molecular complexity index is 198. The van der Waals surface area contributed by atoms with Crippen LogP contribution in [0.3, 0.4) is 0 Å². The maximum absolute atomic E-state index is 2.64. The maximum Gasteiger partial charge on any atom is -0.000655 e. The van der Waals surface area contributed by atoms with E-state index in [4.69, 9.17) is 0 Å². The Hall–Kier alpha value is -0.120. The van der Waals surface area contributed by atoms with Gasteiger partial charge in [0.2, 0.25) is 0 Å². The lowest BCUT2D eigenvalue weighted by molar-refractivity contribution is 0.235. The molecular weight excluding hydrogens is 234 g/mol. The van der Waals surface area contributed by atoms with Crippen molar-refractivity contribution in [2.75, 3.05) is 58.9 Å². The molecule has 0 amide bonds. The molecule has 0 aromatic heterocycles. The molecule has 2 rings (SSSR count). The Kier molecular flexibility index (Phi) is 7.18. The van der Waals surface area contributed by atoms with Crippen LogP contribution in [-0.4, -0.2) is 73.6 Å². The topological polar surface area (TPSA) is 9.72 Å². The smallest absolute Gasteiger partial charge is 0.000655 e. The molecule has 112 valence electrons. The van der Waals surface area contributed by atoms with Crippen LogP contribution < -0.4 is 0 Å². The van der Waals surface area contributed by atoms with Gasteiger partial charge < -0.3 is 14.7 Å². The van der Waals surface area contributed by atoms with Crippen LogP contribution in [-0.2, 0) is 0 Å². The van der Waals surface area contributed by atoms with Crippen LogP contribution in [0.15, 0.2) is 0 Å². The molecule has 0 spiro atoms. The second kappa shape index (κ2) is 8.93. The highest BCUT2D eigenvalue weighted by Gasteiger charge is 2.13. The summed E-state index contributed by atoms with van der Waals surface area (Å²) in [6.07, 6.45) is 8.41. The van der Waals surface area contributed by atoms with Crippen molar-refractivity contribution in [2.45, 2.75) is 45.4 Å². The fourth-order valence-electron chi connectivity index (χ4n) is 3.48. The van der Waals surface area contributed by atoms with Crippen molar-refractivity contribution in [1.82, 2.24) is 14.7 Å². The lowest BCUT2D eigenvalue weighted by Gasteiger charge is -2.23. The molecule has 0 radical (unpaired) electrons. The van der Waals surface area contributed by atoms with Crippen molar-refractivity contribution in [2.24, 2.45) is 0 Å². The summed E-state index contributed by atoms with van der Waals surface area (Å²) in [6.45, 7) is 14.2. The van der Waals surface area contributed by atoms with Crippen molar-refractivity contribution in [3.05, 3.63) is 0 Å². The number of nitrogens with zero attached hydrogens (tertiary/aromatic N) is 3. The highest BCUT2D eigenvalue weighted by Crippen LogP contribution is 2.09. The van der Waals surface area contributed by atoms with Gasteiger partial charge in [-0.2, -0.15) is 0 Å². The monoisotopic (exact) mass is 267 g/mol. The molecule has 3 nitrogen and oxygen atoms in total. The van der Waals surface area contributed by atoms with Gasteiger partial charge in [-0.1, -0.05) is 6.92 Å². The molecule has 0 aromatic carbocycles. The fourth-order valence-corrected chi connectivity index (χ4v) is 3.48. The summed E-state index contributed by atoms with van der Waals surface area (Å²) < 4.78 is 0. The van der Waals surface area contributed by atoms with E-state index in [-0.39, 0.29) is 0 Å². The average molecular weight is 267 g/mol. The van der Waals surface area contributed by atoms with Crippen molar-refractivity contribution >= 4 is 0 Å². The van der Waals surface area contributed by atoms with Gasteiger partial charge in [0.05, 0.1) is 0 Å². The third kappa shape index (κ3) is 5.80. The molecule has 2 fully saturated rings. The molecule has 19 heavy (non-hydrogen) atoms. The summed E-state index contributed by atoms with van der Waals surface area (Å²) in [5.41, 5.74) is 0. The van der Waals surface area contributed by atoms with Crippen molar-refractivity contribution in [3.8, 4) is 0 Å². The van der Waals surface area contributed by atoms with E-state index >= 15 is 0 Å². The minimum absolute atomic E-state index is 1.22. The van der Waals surface area contributed by atoms with Crippen molar-refractivity contribution in [3.63, 3.8) is 0 Å². The van der Waals surface area contributed by atoms with Crippen LogP contribution in [0.25, 0.3) is 0 Å². The van der Waals surface area contributed by atoms with Gasteiger partial charge in [-0.05, 0) is 97.4 Å². The van der Waals surface area contributed by atoms with E-state index in [9.17, 15) is 0 Å². The minimum Gasteiger partial charge on any atom is -0.304 e. The third-order valence-corrected chi connectivity index (χ3v) is 4.74. The number of hydrogen-bond acceptors (Lipinski definition) is 3. The second-order valence-corrected chi connectivity index (χ2v) is 6.24. The minimum atomic E-state index is 1.22. The Labute approximate surface area is 119 Å². The van der Waals surface area contributed by atoms with Crippen molar-refractivity contribution in [1.29, 1.82) is 0 Å². The first-order valence-electron chi connectivity index (χ1n) is 8.55. The average Bonchev–Trinajstić information content (AvgIpc) is 3.10. The Morgan fingerprint density at radius 3 is 1.53 bits per heavy atom. The Balaban J connectivity index is 1.49. The van der Waals surface area contributed by atoms with Crippen LogP contribution in [0.1, 0.15) is 45.4 Å². The van der Waals surface area contributed by atoms with Crippen LogP contribution in [0.2, 0.25) is 0 Å². The molecule has 0 N–H and O–H groups in total. The molecule has 0 aromatic rings. The van der Waals surface area contributed by atoms with Crippen molar-refractivity contribution < 1.29 is 0 Å². The van der Waals surface area contributed by atoms with Gasteiger partial charge in [0.1, 0.15) is 0 Å². The predicted octanol–water partition coefficient (Wildman–Crippen LogP) is 2.28. The van der Waals surface area contributed by atoms with Gasteiger partial charge in [0, 0.05) is 0 Å². The zero-order valence-corrected chi connectivity index (χ0v) is 12.9. The van der Waals surface area contributed by atoms with E-state index in [1.165, 1.54) is 97.4 Å². The molecule has 2 saturated heterocycles. The van der Waals surface area contributed by atoms with Crippen LogP contribution in [0.4, 0.5) is 0 Å². The van der Waals surface area contributed by atoms with Crippen LogP contribution in [0, 0.1) is 0 Å². The molecule has 0 bridgehead atoms. The standard InChI is InChI=1S/C16H33N3/c1-2-17(13-7-15-18-9-3-4-10-18)14-8-16-19-11-5-6-12-19/h2-16H2,1H3. The molecule has 0 atom stereocenters. The second-order valence-electron chi connectivity index (χ2n) is 6.24. The van der Waals surface area contributed by atoms with E-state index in [0.717, 1.165) is 0 Å².